The molecule has 0 N–H and O–H groups in total. The monoisotopic (exact) mass is 382 g/mol. The molecule has 0 bridgehead atoms. The Hall–Kier alpha value is -2.95. The maximum Gasteiger partial charge on any atom is 0.309 e. The van der Waals surface area contributed by atoms with Gasteiger partial charge in [-0.15, -0.1) is 0 Å². The van der Waals surface area contributed by atoms with Gasteiger partial charge in [-0.2, -0.15) is 0 Å². The number of esters is 2. The molecule has 0 aliphatic heterocycles. The van der Waals surface area contributed by atoms with E-state index in [2.05, 4.69) is 0 Å². The normalized spacial score (nSPS) is 12.6. The van der Waals surface area contributed by atoms with Gasteiger partial charge < -0.3 is 9.47 Å². The standard InChI is InChI=1S/C23H26O5/c1-27-22(25)19(13-17-9-5-3-6-10-17)15-21(24)16-20(23(26)28-2)14-18-11-7-4-8-12-18/h3-12,19-20H,13-16H2,1-2H3/t19-,20-/m1/s1. The highest BCUT2D eigenvalue weighted by molar-refractivity contribution is 5.88. The molecule has 0 saturated heterocycles. The minimum atomic E-state index is -0.574. The molecule has 2 aromatic rings. The molecule has 5 nitrogen and oxygen atoms in total. The van der Waals surface area contributed by atoms with Gasteiger partial charge in [-0.25, -0.2) is 0 Å². The van der Waals surface area contributed by atoms with Crippen LogP contribution in [0, 0.1) is 11.8 Å². The average molecular weight is 382 g/mol. The van der Waals surface area contributed by atoms with E-state index in [-0.39, 0.29) is 18.6 Å². The molecule has 0 amide bonds. The van der Waals surface area contributed by atoms with E-state index < -0.39 is 23.8 Å². The van der Waals surface area contributed by atoms with Crippen molar-refractivity contribution in [2.75, 3.05) is 14.2 Å². The number of rotatable bonds is 10. The first kappa shape index (κ1) is 21.4. The zero-order valence-corrected chi connectivity index (χ0v) is 16.3. The van der Waals surface area contributed by atoms with Gasteiger partial charge in [0, 0.05) is 12.8 Å². The summed E-state index contributed by atoms with van der Waals surface area (Å²) in [5.41, 5.74) is 1.92. The Balaban J connectivity index is 2.05. The van der Waals surface area contributed by atoms with Crippen molar-refractivity contribution in [3.63, 3.8) is 0 Å². The van der Waals surface area contributed by atoms with Crippen LogP contribution < -0.4 is 0 Å². The van der Waals surface area contributed by atoms with Gasteiger partial charge in [-0.1, -0.05) is 60.7 Å². The minimum Gasteiger partial charge on any atom is -0.469 e. The second kappa shape index (κ2) is 11.0. The molecule has 0 heterocycles. The van der Waals surface area contributed by atoms with E-state index >= 15 is 0 Å². The molecular weight excluding hydrogens is 356 g/mol. The van der Waals surface area contributed by atoms with Crippen molar-refractivity contribution in [3.05, 3.63) is 71.8 Å². The lowest BCUT2D eigenvalue weighted by Gasteiger charge is -2.17. The van der Waals surface area contributed by atoms with Gasteiger partial charge in [0.1, 0.15) is 5.78 Å². The van der Waals surface area contributed by atoms with Gasteiger partial charge in [-0.3, -0.25) is 14.4 Å². The summed E-state index contributed by atoms with van der Waals surface area (Å²) in [5, 5.41) is 0. The number of methoxy groups -OCH3 is 2. The summed E-state index contributed by atoms with van der Waals surface area (Å²) in [7, 11) is 2.63. The predicted molar refractivity (Wildman–Crippen MR) is 106 cm³/mol. The fraction of sp³-hybridized carbons (Fsp3) is 0.348. The molecule has 2 aromatic carbocycles. The summed E-state index contributed by atoms with van der Waals surface area (Å²) in [6.07, 6.45) is 0.898. The Kier molecular flexibility index (Phi) is 8.40. The molecule has 0 spiro atoms. The van der Waals surface area contributed by atoms with Gasteiger partial charge in [0.2, 0.25) is 0 Å². The molecule has 2 atom stereocenters. The Morgan fingerprint density at radius 1 is 0.679 bits per heavy atom. The van der Waals surface area contributed by atoms with Crippen LogP contribution in [0.5, 0.6) is 0 Å². The van der Waals surface area contributed by atoms with Crippen molar-refractivity contribution in [3.8, 4) is 0 Å². The minimum absolute atomic E-state index is 0.0316. The van der Waals surface area contributed by atoms with Crippen molar-refractivity contribution in [1.82, 2.24) is 0 Å². The average Bonchev–Trinajstić information content (AvgIpc) is 2.73. The number of ether oxygens (including phenoxy) is 2. The fourth-order valence-corrected chi connectivity index (χ4v) is 3.24. The van der Waals surface area contributed by atoms with E-state index in [1.54, 1.807) is 0 Å². The van der Waals surface area contributed by atoms with E-state index in [9.17, 15) is 14.4 Å². The molecule has 148 valence electrons. The third-order valence-electron chi connectivity index (χ3n) is 4.67. The number of ketones is 1. The van der Waals surface area contributed by atoms with Crippen LogP contribution in [-0.2, 0) is 36.7 Å². The van der Waals surface area contributed by atoms with Crippen molar-refractivity contribution in [2.45, 2.75) is 25.7 Å². The maximum absolute atomic E-state index is 12.7. The highest BCUT2D eigenvalue weighted by atomic mass is 16.5. The first-order valence-corrected chi connectivity index (χ1v) is 9.28. The van der Waals surface area contributed by atoms with Crippen LogP contribution in [0.1, 0.15) is 24.0 Å². The molecule has 5 heteroatoms. The highest BCUT2D eigenvalue weighted by Crippen LogP contribution is 2.20. The van der Waals surface area contributed by atoms with E-state index in [1.807, 2.05) is 60.7 Å². The maximum atomic E-state index is 12.7. The van der Waals surface area contributed by atoms with Crippen LogP contribution in [-0.4, -0.2) is 31.9 Å². The Morgan fingerprint density at radius 2 is 1.04 bits per heavy atom. The molecule has 2 rings (SSSR count). The first-order valence-electron chi connectivity index (χ1n) is 9.28. The van der Waals surface area contributed by atoms with E-state index in [1.165, 1.54) is 14.2 Å². The van der Waals surface area contributed by atoms with Crippen LogP contribution in [0.2, 0.25) is 0 Å². The summed E-state index contributed by atoms with van der Waals surface area (Å²) in [6, 6.07) is 19.0. The third kappa shape index (κ3) is 6.65. The second-order valence-corrected chi connectivity index (χ2v) is 6.77. The highest BCUT2D eigenvalue weighted by Gasteiger charge is 2.27. The molecule has 0 radical (unpaired) electrons. The molecule has 0 aliphatic carbocycles. The first-order chi connectivity index (χ1) is 13.5. The van der Waals surface area contributed by atoms with Crippen LogP contribution in [0.25, 0.3) is 0 Å². The van der Waals surface area contributed by atoms with E-state index in [4.69, 9.17) is 9.47 Å². The summed E-state index contributed by atoms with van der Waals surface area (Å²) >= 11 is 0. The molecule has 0 aromatic heterocycles. The van der Waals surface area contributed by atoms with E-state index in [0.717, 1.165) is 11.1 Å². The molecule has 0 saturated carbocycles. The number of Topliss-reactive ketones (excluding diaryl/α,β-unsaturated/α-hetero) is 1. The van der Waals surface area contributed by atoms with Gasteiger partial charge >= 0.3 is 11.9 Å². The number of benzene rings is 2. The van der Waals surface area contributed by atoms with Crippen molar-refractivity contribution in [2.24, 2.45) is 11.8 Å². The predicted octanol–water partition coefficient (Wildman–Crippen LogP) is 3.40. The van der Waals surface area contributed by atoms with Crippen LogP contribution in [0.3, 0.4) is 0 Å². The van der Waals surface area contributed by atoms with Crippen LogP contribution in [0.4, 0.5) is 0 Å². The largest absolute Gasteiger partial charge is 0.469 e. The van der Waals surface area contributed by atoms with Gasteiger partial charge in [-0.05, 0) is 24.0 Å². The molecular formula is C23H26O5. The van der Waals surface area contributed by atoms with Crippen molar-refractivity contribution < 1.29 is 23.9 Å². The van der Waals surface area contributed by atoms with Gasteiger partial charge in [0.15, 0.2) is 0 Å². The number of carbonyl (C=O) groups is 3. The lowest BCUT2D eigenvalue weighted by molar-refractivity contribution is -0.148. The zero-order chi connectivity index (χ0) is 20.4. The summed E-state index contributed by atoms with van der Waals surface area (Å²) in [6.45, 7) is 0. The number of hydrogen-bond acceptors (Lipinski definition) is 5. The van der Waals surface area contributed by atoms with Crippen LogP contribution >= 0.6 is 0 Å². The molecule has 28 heavy (non-hydrogen) atoms. The second-order valence-electron chi connectivity index (χ2n) is 6.77. The lowest BCUT2D eigenvalue weighted by atomic mass is 9.88. The third-order valence-corrected chi connectivity index (χ3v) is 4.67. The Bertz CT molecular complexity index is 705. The topological polar surface area (TPSA) is 69.7 Å². The molecule has 0 aliphatic rings. The summed E-state index contributed by atoms with van der Waals surface area (Å²) < 4.78 is 9.74. The Labute approximate surface area is 165 Å². The Morgan fingerprint density at radius 3 is 1.36 bits per heavy atom. The van der Waals surface area contributed by atoms with Crippen molar-refractivity contribution >= 4 is 17.7 Å². The zero-order valence-electron chi connectivity index (χ0n) is 16.3. The molecule has 0 unspecified atom stereocenters. The number of hydrogen-bond donors (Lipinski definition) is 0. The van der Waals surface area contributed by atoms with Gasteiger partial charge in [0.25, 0.3) is 0 Å². The van der Waals surface area contributed by atoms with E-state index in [0.29, 0.717) is 12.8 Å². The summed E-state index contributed by atoms with van der Waals surface area (Å²) in [4.78, 5) is 37.0. The van der Waals surface area contributed by atoms with Crippen molar-refractivity contribution in [1.29, 1.82) is 0 Å². The van der Waals surface area contributed by atoms with Crippen LogP contribution in [0.15, 0.2) is 60.7 Å². The molecule has 0 fully saturated rings. The fourth-order valence-electron chi connectivity index (χ4n) is 3.24. The SMILES string of the molecule is COC(=O)[C@@H](CC(=O)C[C@@H](Cc1ccccc1)C(=O)OC)Cc1ccccc1. The number of carbonyl (C=O) groups excluding carboxylic acids is 3. The quantitative estimate of drug-likeness (QED) is 0.589. The van der Waals surface area contributed by atoms with Gasteiger partial charge in [0.05, 0.1) is 26.1 Å². The lowest BCUT2D eigenvalue weighted by Crippen LogP contribution is -2.26. The smallest absolute Gasteiger partial charge is 0.309 e. The summed E-state index contributed by atoms with van der Waals surface area (Å²) in [5.74, 6) is -2.15.